The highest BCUT2D eigenvalue weighted by Crippen LogP contribution is 2.36. The van der Waals surface area contributed by atoms with Crippen LogP contribution in [0.1, 0.15) is 50.5 Å². The maximum absolute atomic E-state index is 13.5. The van der Waals surface area contributed by atoms with Gasteiger partial charge < -0.3 is 10.6 Å². The van der Waals surface area contributed by atoms with Gasteiger partial charge >= 0.3 is 6.18 Å². The molecule has 3 heterocycles. The van der Waals surface area contributed by atoms with Crippen LogP contribution in [0.5, 0.6) is 0 Å². The number of carbonyl (C=O) groups is 2. The van der Waals surface area contributed by atoms with Crippen LogP contribution >= 0.6 is 13.5 Å². The maximum atomic E-state index is 13.5. The summed E-state index contributed by atoms with van der Waals surface area (Å²) in [5.74, 6) is -0.913. The van der Waals surface area contributed by atoms with Crippen molar-refractivity contribution in [1.82, 2.24) is 14.8 Å². The van der Waals surface area contributed by atoms with Crippen LogP contribution < -0.4 is 10.6 Å². The van der Waals surface area contributed by atoms with Gasteiger partial charge in [0.15, 0.2) is 5.78 Å². The number of hydrogen-bond acceptors (Lipinski definition) is 8. The number of aromatic nitrogens is 3. The number of pyridine rings is 1. The predicted molar refractivity (Wildman–Crippen MR) is 137 cm³/mol. The summed E-state index contributed by atoms with van der Waals surface area (Å²) >= 11 is 0. The topological polar surface area (TPSA) is 137 Å². The zero-order valence-electron chi connectivity index (χ0n) is 20.2. The van der Waals surface area contributed by atoms with Crippen LogP contribution in [0.4, 0.5) is 24.7 Å². The Morgan fingerprint density at radius 3 is 2.58 bits per heavy atom. The summed E-state index contributed by atoms with van der Waals surface area (Å²) in [6.45, 7) is 0.982. The zero-order valence-corrected chi connectivity index (χ0v) is 22.0. The van der Waals surface area contributed by atoms with Gasteiger partial charge in [-0.25, -0.2) is 4.98 Å². The largest absolute Gasteiger partial charge is 0.416 e. The van der Waals surface area contributed by atoms with Gasteiger partial charge in [-0.15, -0.1) is 0 Å². The van der Waals surface area contributed by atoms with E-state index in [1.807, 2.05) is 0 Å². The van der Waals surface area contributed by atoms with Crippen LogP contribution in [0.3, 0.4) is 0 Å². The first kappa shape index (κ1) is 29.1. The van der Waals surface area contributed by atoms with E-state index < -0.39 is 39.9 Å². The van der Waals surface area contributed by atoms with Crippen molar-refractivity contribution in [3.8, 4) is 0 Å². The molecule has 1 aromatic carbocycles. The number of benzene rings is 1. The Morgan fingerprint density at radius 1 is 1.24 bits per heavy atom. The Bertz CT molecular complexity index is 1490. The fraction of sp³-hybridized carbons (Fsp3) is 0.304. The summed E-state index contributed by atoms with van der Waals surface area (Å²) in [6.07, 6.45) is -1.40. The molecule has 38 heavy (non-hydrogen) atoms. The Hall–Kier alpha value is -3.43. The second-order valence-electron chi connectivity index (χ2n) is 8.57. The van der Waals surface area contributed by atoms with Crippen molar-refractivity contribution in [2.24, 2.45) is 0 Å². The second-order valence-corrected chi connectivity index (χ2v) is 10.2. The van der Waals surface area contributed by atoms with Crippen LogP contribution in [0.25, 0.3) is 0 Å². The normalized spacial score (nSPS) is 15.7. The number of nitrogens with two attached hydrogens (primary N) is 1. The van der Waals surface area contributed by atoms with Gasteiger partial charge in [0, 0.05) is 30.4 Å². The lowest BCUT2D eigenvalue weighted by atomic mass is 10.0. The first-order valence-electron chi connectivity index (χ1n) is 10.9. The van der Waals surface area contributed by atoms with E-state index in [2.05, 4.69) is 14.3 Å². The molecule has 0 fully saturated rings. The van der Waals surface area contributed by atoms with Gasteiger partial charge in [-0.3, -0.25) is 18.5 Å². The number of nitrogen functional groups attached to an aromatic ring is 1. The number of fused-ring (bicyclic) bond motifs is 1. The quantitative estimate of drug-likeness (QED) is 0.337. The predicted octanol–water partition coefficient (Wildman–Crippen LogP) is 3.11. The van der Waals surface area contributed by atoms with E-state index >= 15 is 0 Å². The highest BCUT2D eigenvalue weighted by atomic mass is 32.2. The summed E-state index contributed by atoms with van der Waals surface area (Å²) in [6, 6.07) is 5.67. The van der Waals surface area contributed by atoms with Crippen molar-refractivity contribution in [1.29, 1.82) is 0 Å². The number of halogens is 3. The van der Waals surface area contributed by atoms with E-state index in [4.69, 9.17) is 5.73 Å². The highest BCUT2D eigenvalue weighted by Gasteiger charge is 2.37. The summed E-state index contributed by atoms with van der Waals surface area (Å²) in [5.41, 5.74) is 4.99. The summed E-state index contributed by atoms with van der Waals surface area (Å²) < 4.78 is 69.5. The third kappa shape index (κ3) is 6.00. The monoisotopic (exact) mass is 571 g/mol. The van der Waals surface area contributed by atoms with E-state index in [-0.39, 0.29) is 61.0 Å². The average molecular weight is 572 g/mol. The second kappa shape index (κ2) is 10.7. The number of Topliss-reactive ketones (excluding diaryl/α,β-unsaturated/α-hetero) is 1. The number of anilines is 2. The fourth-order valence-corrected chi connectivity index (χ4v) is 4.45. The van der Waals surface area contributed by atoms with Crippen LogP contribution in [0.15, 0.2) is 42.7 Å². The first-order valence-corrected chi connectivity index (χ1v) is 12.7. The average Bonchev–Trinajstić information content (AvgIpc) is 3.23. The van der Waals surface area contributed by atoms with Gasteiger partial charge in [0.1, 0.15) is 11.5 Å². The first-order chi connectivity index (χ1) is 17.3. The standard InChI is InChI=1S/C23H22F3N5O5S.H2S/c1-13-11-30(16-5-6-18(23(24,25)26)15(8-16)12-36-37(2,34)35)22(33)20-14(10-29-31(13)20)9-19(32)17-4-3-7-28-21(17)27;/h3-8,10,13H,9,11-12H2,1-2H3,(H2,27,28);1H2/t13-;/m0./s1. The van der Waals surface area contributed by atoms with Gasteiger partial charge in [0.05, 0.1) is 36.2 Å². The summed E-state index contributed by atoms with van der Waals surface area (Å²) in [7, 11) is -4.02. The number of ketones is 1. The van der Waals surface area contributed by atoms with E-state index in [9.17, 15) is 31.2 Å². The SMILES string of the molecule is C[C@H]1CN(c2ccc(C(F)(F)F)c(COS(C)(=O)=O)c2)C(=O)c2c(CC(=O)c3cccnc3N)cnn21.S. The molecule has 1 aliphatic rings. The molecule has 1 aliphatic heterocycles. The molecule has 10 nitrogen and oxygen atoms in total. The van der Waals surface area contributed by atoms with E-state index in [0.29, 0.717) is 5.56 Å². The molecule has 3 aromatic rings. The van der Waals surface area contributed by atoms with E-state index in [1.54, 1.807) is 13.0 Å². The molecule has 204 valence electrons. The van der Waals surface area contributed by atoms with E-state index in [1.165, 1.54) is 28.0 Å². The molecule has 0 saturated heterocycles. The molecule has 0 saturated carbocycles. The van der Waals surface area contributed by atoms with Crippen LogP contribution in [0.2, 0.25) is 0 Å². The van der Waals surface area contributed by atoms with Gasteiger partial charge in [-0.1, -0.05) is 0 Å². The third-order valence-corrected chi connectivity index (χ3v) is 6.35. The lowest BCUT2D eigenvalue weighted by Gasteiger charge is -2.33. The molecule has 1 amide bonds. The van der Waals surface area contributed by atoms with Gasteiger partial charge in [0.2, 0.25) is 0 Å². The third-order valence-electron chi connectivity index (χ3n) is 5.81. The van der Waals surface area contributed by atoms with Crippen molar-refractivity contribution < 1.29 is 35.4 Å². The zero-order chi connectivity index (χ0) is 27.1. The number of amides is 1. The minimum Gasteiger partial charge on any atom is -0.383 e. The molecule has 0 aliphatic carbocycles. The number of nitrogens with zero attached hydrogens (tertiary/aromatic N) is 4. The molecule has 0 spiro atoms. The molecular weight excluding hydrogens is 547 g/mol. The van der Waals surface area contributed by atoms with Crippen molar-refractivity contribution in [2.75, 3.05) is 23.4 Å². The molecular formula is C23H24F3N5O5S2. The van der Waals surface area contributed by atoms with Gasteiger partial charge in [0.25, 0.3) is 16.0 Å². The van der Waals surface area contributed by atoms with E-state index in [0.717, 1.165) is 24.5 Å². The van der Waals surface area contributed by atoms with Gasteiger partial charge in [-0.05, 0) is 42.8 Å². The Morgan fingerprint density at radius 2 is 1.95 bits per heavy atom. The fourth-order valence-electron chi connectivity index (χ4n) is 4.11. The van der Waals surface area contributed by atoms with Crippen molar-refractivity contribution in [3.05, 3.63) is 70.7 Å². The molecule has 15 heteroatoms. The Kier molecular flexibility index (Phi) is 8.24. The summed E-state index contributed by atoms with van der Waals surface area (Å²) in [5, 5.41) is 4.24. The Labute approximate surface area is 223 Å². The number of rotatable bonds is 7. The molecule has 2 N–H and O–H groups in total. The van der Waals surface area contributed by atoms with Crippen LogP contribution in [-0.2, 0) is 33.5 Å². The minimum atomic E-state index is -4.77. The minimum absolute atomic E-state index is 0. The Balaban J connectivity index is 0.00000400. The maximum Gasteiger partial charge on any atom is 0.416 e. The summed E-state index contributed by atoms with van der Waals surface area (Å²) in [4.78, 5) is 31.5. The number of carbonyl (C=O) groups excluding carboxylic acids is 2. The number of alkyl halides is 3. The van der Waals surface area contributed by atoms with Crippen molar-refractivity contribution >= 4 is 46.8 Å². The number of hydrogen-bond donors (Lipinski definition) is 1. The molecule has 0 unspecified atom stereocenters. The van der Waals surface area contributed by atoms with Gasteiger partial charge in [-0.2, -0.15) is 40.2 Å². The lowest BCUT2D eigenvalue weighted by molar-refractivity contribution is -0.138. The molecule has 0 radical (unpaired) electrons. The molecule has 2 aromatic heterocycles. The molecule has 4 rings (SSSR count). The van der Waals surface area contributed by atoms with Crippen molar-refractivity contribution in [3.63, 3.8) is 0 Å². The smallest absolute Gasteiger partial charge is 0.383 e. The molecule has 0 bridgehead atoms. The lowest BCUT2D eigenvalue weighted by Crippen LogP contribution is -2.43. The van der Waals surface area contributed by atoms with Crippen molar-refractivity contribution in [2.45, 2.75) is 32.2 Å². The van der Waals surface area contributed by atoms with Crippen LogP contribution in [0, 0.1) is 0 Å². The highest BCUT2D eigenvalue weighted by molar-refractivity contribution is 7.85. The molecule has 1 atom stereocenters. The van der Waals surface area contributed by atoms with Crippen LogP contribution in [-0.4, -0.2) is 47.7 Å².